The average Bonchev–Trinajstić information content (AvgIpc) is 2.75. The van der Waals surface area contributed by atoms with Crippen molar-refractivity contribution in [3.63, 3.8) is 0 Å². The fourth-order valence-corrected chi connectivity index (χ4v) is 4.01. The second kappa shape index (κ2) is 4.99. The molecule has 0 amide bonds. The molecule has 2 N–H and O–H groups in total. The lowest BCUT2D eigenvalue weighted by atomic mass is 9.98. The molecule has 2 aliphatic heterocycles. The molecule has 0 aromatic heterocycles. The summed E-state index contributed by atoms with van der Waals surface area (Å²) in [6.45, 7) is 3.54. The summed E-state index contributed by atoms with van der Waals surface area (Å²) in [5.41, 5.74) is -0.726. The maximum atomic E-state index is 9.86. The highest BCUT2D eigenvalue weighted by Crippen LogP contribution is 2.69. The maximum Gasteiger partial charge on any atom is 0.190 e. The van der Waals surface area contributed by atoms with Gasteiger partial charge in [-0.05, 0) is 19.4 Å². The molecule has 2 heterocycles. The van der Waals surface area contributed by atoms with Crippen molar-refractivity contribution >= 4 is 0 Å². The summed E-state index contributed by atoms with van der Waals surface area (Å²) in [6.07, 6.45) is -1.43. The van der Waals surface area contributed by atoms with Crippen LogP contribution in [0.15, 0.2) is 30.3 Å². The van der Waals surface area contributed by atoms with Gasteiger partial charge < -0.3 is 29.2 Å². The summed E-state index contributed by atoms with van der Waals surface area (Å²) < 4.78 is 23.8. The average molecular weight is 322 g/mol. The van der Waals surface area contributed by atoms with Gasteiger partial charge in [0, 0.05) is 0 Å². The monoisotopic (exact) mass is 322 g/mol. The molecule has 3 aliphatic rings. The largest absolute Gasteiger partial charge is 0.395 e. The van der Waals surface area contributed by atoms with Crippen LogP contribution in [0.25, 0.3) is 0 Å². The summed E-state index contributed by atoms with van der Waals surface area (Å²) in [7, 11) is 0. The Morgan fingerprint density at radius 1 is 1.09 bits per heavy atom. The predicted molar refractivity (Wildman–Crippen MR) is 79.3 cm³/mol. The third kappa shape index (κ3) is 1.97. The second-order valence-corrected chi connectivity index (χ2v) is 6.98. The van der Waals surface area contributed by atoms with Crippen molar-refractivity contribution in [2.24, 2.45) is 5.41 Å². The van der Waals surface area contributed by atoms with Crippen LogP contribution in [0.2, 0.25) is 0 Å². The molecular formula is C17H22O6. The van der Waals surface area contributed by atoms with Crippen molar-refractivity contribution in [1.29, 1.82) is 0 Å². The van der Waals surface area contributed by atoms with Crippen molar-refractivity contribution in [1.82, 2.24) is 0 Å². The number of fused-ring (bicyclic) bond motifs is 3. The zero-order valence-corrected chi connectivity index (χ0v) is 13.3. The van der Waals surface area contributed by atoms with Crippen LogP contribution >= 0.6 is 0 Å². The van der Waals surface area contributed by atoms with Crippen LogP contribution in [0.1, 0.15) is 19.4 Å². The highest BCUT2D eigenvalue weighted by atomic mass is 16.9. The van der Waals surface area contributed by atoms with E-state index in [2.05, 4.69) is 0 Å². The van der Waals surface area contributed by atoms with Crippen LogP contribution < -0.4 is 0 Å². The summed E-state index contributed by atoms with van der Waals surface area (Å²) in [5.74, 6) is -0.775. The number of benzene rings is 1. The van der Waals surface area contributed by atoms with Crippen molar-refractivity contribution in [3.8, 4) is 0 Å². The third-order valence-electron chi connectivity index (χ3n) is 5.22. The maximum absolute atomic E-state index is 9.86. The zero-order chi connectivity index (χ0) is 16.3. The van der Waals surface area contributed by atoms with Crippen molar-refractivity contribution in [2.75, 3.05) is 13.2 Å². The zero-order valence-electron chi connectivity index (χ0n) is 13.3. The van der Waals surface area contributed by atoms with Crippen molar-refractivity contribution in [2.45, 2.75) is 50.3 Å². The van der Waals surface area contributed by atoms with Gasteiger partial charge in [-0.2, -0.15) is 0 Å². The molecule has 6 nitrogen and oxygen atoms in total. The van der Waals surface area contributed by atoms with Crippen LogP contribution in [-0.4, -0.2) is 53.3 Å². The Bertz CT molecular complexity index is 584. The summed E-state index contributed by atoms with van der Waals surface area (Å²) in [5, 5.41) is 19.7. The second-order valence-electron chi connectivity index (χ2n) is 6.98. The van der Waals surface area contributed by atoms with Gasteiger partial charge in [-0.25, -0.2) is 0 Å². The van der Waals surface area contributed by atoms with E-state index in [0.717, 1.165) is 5.56 Å². The first-order valence-electron chi connectivity index (χ1n) is 7.90. The first-order chi connectivity index (χ1) is 11.0. The van der Waals surface area contributed by atoms with Crippen molar-refractivity contribution < 1.29 is 29.2 Å². The Morgan fingerprint density at radius 2 is 1.78 bits per heavy atom. The number of hydrogen-bond acceptors (Lipinski definition) is 6. The first kappa shape index (κ1) is 15.5. The van der Waals surface area contributed by atoms with Gasteiger partial charge >= 0.3 is 0 Å². The molecule has 4 atom stereocenters. The fraction of sp³-hybridized carbons (Fsp3) is 0.647. The number of aliphatic hydroxyl groups is 2. The summed E-state index contributed by atoms with van der Waals surface area (Å²) in [6, 6.07) is 9.77. The minimum Gasteiger partial charge on any atom is -0.395 e. The topological polar surface area (TPSA) is 77.4 Å². The number of aliphatic hydroxyl groups excluding tert-OH is 2. The van der Waals surface area contributed by atoms with Crippen LogP contribution in [0.5, 0.6) is 0 Å². The van der Waals surface area contributed by atoms with Crippen LogP contribution in [0.3, 0.4) is 0 Å². The molecule has 4 rings (SSSR count). The van der Waals surface area contributed by atoms with Crippen molar-refractivity contribution in [3.05, 3.63) is 35.9 Å². The lowest BCUT2D eigenvalue weighted by molar-refractivity contribution is -0.204. The van der Waals surface area contributed by atoms with E-state index in [1.807, 2.05) is 44.2 Å². The van der Waals surface area contributed by atoms with Gasteiger partial charge in [-0.3, -0.25) is 0 Å². The molecular weight excluding hydrogens is 300 g/mol. The molecule has 1 saturated carbocycles. The van der Waals surface area contributed by atoms with E-state index in [9.17, 15) is 10.2 Å². The highest BCUT2D eigenvalue weighted by Gasteiger charge is 2.89. The predicted octanol–water partition coefficient (Wildman–Crippen LogP) is 0.803. The first-order valence-corrected chi connectivity index (χ1v) is 7.90. The minimum absolute atomic E-state index is 0.226. The summed E-state index contributed by atoms with van der Waals surface area (Å²) in [4.78, 5) is 0. The van der Waals surface area contributed by atoms with E-state index < -0.39 is 35.3 Å². The molecule has 6 heteroatoms. The highest BCUT2D eigenvalue weighted by molar-refractivity contribution is 5.34. The molecule has 23 heavy (non-hydrogen) atoms. The number of rotatable bonds is 5. The Hall–Kier alpha value is -1.02. The standard InChI is InChI=1S/C17H22O6/c1-15(2)22-12-13(23-15)21-14-16(9-18,10-19)17(12,14)20-8-11-6-4-3-5-7-11/h3-7,12-14,18-19H,8-10H2,1-2H3/t12?,13-,14?,17?/m1/s1. The molecule has 1 aromatic carbocycles. The molecule has 126 valence electrons. The Labute approximate surface area is 134 Å². The molecule has 1 aromatic rings. The summed E-state index contributed by atoms with van der Waals surface area (Å²) >= 11 is 0. The Kier molecular flexibility index (Phi) is 3.36. The quantitative estimate of drug-likeness (QED) is 0.835. The normalized spacial score (nSPS) is 39.0. The molecule has 0 radical (unpaired) electrons. The fourth-order valence-electron chi connectivity index (χ4n) is 4.01. The number of hydrogen-bond donors (Lipinski definition) is 2. The van der Waals surface area contributed by atoms with Gasteiger partial charge in [-0.15, -0.1) is 0 Å². The van der Waals surface area contributed by atoms with E-state index in [1.165, 1.54) is 0 Å². The minimum atomic E-state index is -0.884. The Balaban J connectivity index is 1.61. The third-order valence-corrected chi connectivity index (χ3v) is 5.22. The molecule has 0 spiro atoms. The van der Waals surface area contributed by atoms with Crippen LogP contribution in [-0.2, 0) is 25.6 Å². The van der Waals surface area contributed by atoms with E-state index in [1.54, 1.807) is 0 Å². The molecule has 0 bridgehead atoms. The lowest BCUT2D eigenvalue weighted by Gasteiger charge is -2.28. The van der Waals surface area contributed by atoms with Gasteiger partial charge in [0.05, 0.1) is 25.2 Å². The van der Waals surface area contributed by atoms with Gasteiger partial charge in [0.15, 0.2) is 12.1 Å². The Morgan fingerprint density at radius 3 is 2.43 bits per heavy atom. The van der Waals surface area contributed by atoms with Gasteiger partial charge in [0.2, 0.25) is 0 Å². The SMILES string of the molecule is CC1(C)OC2[C@H](OC3C(CO)(CO)C23OCc2ccccc2)O1. The van der Waals surface area contributed by atoms with E-state index >= 15 is 0 Å². The smallest absolute Gasteiger partial charge is 0.190 e. The van der Waals surface area contributed by atoms with Gasteiger partial charge in [0.25, 0.3) is 0 Å². The van der Waals surface area contributed by atoms with Gasteiger partial charge in [-0.1, -0.05) is 30.3 Å². The van der Waals surface area contributed by atoms with Crippen LogP contribution in [0.4, 0.5) is 0 Å². The van der Waals surface area contributed by atoms with E-state index in [0.29, 0.717) is 6.61 Å². The molecule has 3 unspecified atom stereocenters. The van der Waals surface area contributed by atoms with E-state index in [-0.39, 0.29) is 13.2 Å². The molecule has 3 fully saturated rings. The molecule has 2 saturated heterocycles. The lowest BCUT2D eigenvalue weighted by Crippen LogP contribution is -2.44. The van der Waals surface area contributed by atoms with E-state index in [4.69, 9.17) is 18.9 Å². The number of ether oxygens (including phenoxy) is 4. The molecule has 1 aliphatic carbocycles. The van der Waals surface area contributed by atoms with Crippen LogP contribution in [0, 0.1) is 5.41 Å². The van der Waals surface area contributed by atoms with Gasteiger partial charge in [0.1, 0.15) is 17.8 Å².